The highest BCUT2D eigenvalue weighted by Gasteiger charge is 2.19. The van der Waals surface area contributed by atoms with Crippen molar-refractivity contribution in [2.24, 2.45) is 0 Å². The number of nitrogens with one attached hydrogen (secondary N) is 2. The SMILES string of the molecule is CC(=O)Nc1ccc(NC(=O)CCN2CCN(c3ncccn3)CC2)cc1. The van der Waals surface area contributed by atoms with E-state index in [9.17, 15) is 9.59 Å². The molecule has 0 atom stereocenters. The fourth-order valence-corrected chi connectivity index (χ4v) is 2.95. The quantitative estimate of drug-likeness (QED) is 0.805. The summed E-state index contributed by atoms with van der Waals surface area (Å²) in [7, 11) is 0. The van der Waals surface area contributed by atoms with Gasteiger partial charge in [-0.3, -0.25) is 14.5 Å². The molecule has 1 aliphatic rings. The third-order valence-corrected chi connectivity index (χ3v) is 4.35. The van der Waals surface area contributed by atoms with Gasteiger partial charge in [-0.05, 0) is 30.3 Å². The normalized spacial score (nSPS) is 14.6. The van der Waals surface area contributed by atoms with E-state index in [1.165, 1.54) is 6.92 Å². The number of carbonyl (C=O) groups is 2. The number of piperazine rings is 1. The maximum Gasteiger partial charge on any atom is 0.225 e. The minimum absolute atomic E-state index is 0.0175. The van der Waals surface area contributed by atoms with E-state index in [2.05, 4.69) is 30.4 Å². The van der Waals surface area contributed by atoms with Gasteiger partial charge in [0.1, 0.15) is 0 Å². The predicted molar refractivity (Wildman–Crippen MR) is 105 cm³/mol. The van der Waals surface area contributed by atoms with E-state index in [-0.39, 0.29) is 11.8 Å². The smallest absolute Gasteiger partial charge is 0.225 e. The predicted octanol–water partition coefficient (Wildman–Crippen LogP) is 1.59. The summed E-state index contributed by atoms with van der Waals surface area (Å²) >= 11 is 0. The fraction of sp³-hybridized carbons (Fsp3) is 0.368. The van der Waals surface area contributed by atoms with E-state index < -0.39 is 0 Å². The molecule has 2 heterocycles. The van der Waals surface area contributed by atoms with Crippen LogP contribution < -0.4 is 15.5 Å². The molecule has 1 saturated heterocycles. The van der Waals surface area contributed by atoms with Crippen LogP contribution >= 0.6 is 0 Å². The van der Waals surface area contributed by atoms with Crippen LogP contribution in [0.15, 0.2) is 42.7 Å². The number of carbonyl (C=O) groups excluding carboxylic acids is 2. The van der Waals surface area contributed by atoms with Crippen LogP contribution in [0.5, 0.6) is 0 Å². The summed E-state index contributed by atoms with van der Waals surface area (Å²) in [5, 5.41) is 5.59. The number of benzene rings is 1. The van der Waals surface area contributed by atoms with Crippen LogP contribution in [0.4, 0.5) is 17.3 Å². The Bertz CT molecular complexity index is 758. The third-order valence-electron chi connectivity index (χ3n) is 4.35. The van der Waals surface area contributed by atoms with Gasteiger partial charge in [0, 0.05) is 69.8 Å². The number of rotatable bonds is 6. The van der Waals surface area contributed by atoms with E-state index in [0.29, 0.717) is 12.1 Å². The molecule has 2 aromatic rings. The van der Waals surface area contributed by atoms with Gasteiger partial charge >= 0.3 is 0 Å². The molecule has 1 fully saturated rings. The van der Waals surface area contributed by atoms with Crippen LogP contribution in [0.3, 0.4) is 0 Å². The molecule has 142 valence electrons. The zero-order valence-electron chi connectivity index (χ0n) is 15.4. The van der Waals surface area contributed by atoms with Gasteiger partial charge in [0.05, 0.1) is 0 Å². The molecule has 0 saturated carbocycles. The summed E-state index contributed by atoms with van der Waals surface area (Å²) in [6.45, 7) is 5.67. The van der Waals surface area contributed by atoms with Gasteiger partial charge in [-0.15, -0.1) is 0 Å². The zero-order chi connectivity index (χ0) is 19.1. The van der Waals surface area contributed by atoms with E-state index in [1.54, 1.807) is 36.7 Å². The molecule has 2 N–H and O–H groups in total. The molecule has 3 rings (SSSR count). The Balaban J connectivity index is 1.39. The first-order valence-corrected chi connectivity index (χ1v) is 9.02. The van der Waals surface area contributed by atoms with Gasteiger partial charge in [-0.1, -0.05) is 0 Å². The van der Waals surface area contributed by atoms with Crippen LogP contribution in [0.25, 0.3) is 0 Å². The maximum atomic E-state index is 12.2. The summed E-state index contributed by atoms with van der Waals surface area (Å²) in [6.07, 6.45) is 3.94. The maximum absolute atomic E-state index is 12.2. The monoisotopic (exact) mass is 368 g/mol. The highest BCUT2D eigenvalue weighted by Crippen LogP contribution is 2.14. The van der Waals surface area contributed by atoms with Gasteiger partial charge in [-0.25, -0.2) is 9.97 Å². The molecule has 8 nitrogen and oxygen atoms in total. The van der Waals surface area contributed by atoms with Gasteiger partial charge in [0.15, 0.2) is 0 Å². The van der Waals surface area contributed by atoms with Gasteiger partial charge < -0.3 is 15.5 Å². The molecule has 1 aliphatic heterocycles. The number of nitrogens with zero attached hydrogens (tertiary/aromatic N) is 4. The van der Waals surface area contributed by atoms with Crippen molar-refractivity contribution >= 4 is 29.1 Å². The first kappa shape index (κ1) is 18.8. The molecule has 0 bridgehead atoms. The Morgan fingerprint density at radius 2 is 1.56 bits per heavy atom. The van der Waals surface area contributed by atoms with Crippen molar-refractivity contribution in [1.82, 2.24) is 14.9 Å². The lowest BCUT2D eigenvalue weighted by Gasteiger charge is -2.34. The van der Waals surface area contributed by atoms with Crippen molar-refractivity contribution in [2.75, 3.05) is 48.3 Å². The Hall–Kier alpha value is -3.00. The second-order valence-corrected chi connectivity index (χ2v) is 6.43. The molecule has 0 spiro atoms. The Morgan fingerprint density at radius 3 is 2.15 bits per heavy atom. The lowest BCUT2D eigenvalue weighted by atomic mass is 10.2. The molecule has 0 radical (unpaired) electrons. The van der Waals surface area contributed by atoms with Crippen LogP contribution in [-0.2, 0) is 9.59 Å². The first-order chi connectivity index (χ1) is 13.1. The molecular formula is C19H24N6O2. The van der Waals surface area contributed by atoms with Crippen LogP contribution in [0, 0.1) is 0 Å². The Kier molecular flexibility index (Phi) is 6.32. The molecule has 1 aromatic heterocycles. The van der Waals surface area contributed by atoms with E-state index in [0.717, 1.165) is 44.4 Å². The van der Waals surface area contributed by atoms with E-state index >= 15 is 0 Å². The van der Waals surface area contributed by atoms with Crippen molar-refractivity contribution in [3.05, 3.63) is 42.7 Å². The highest BCUT2D eigenvalue weighted by molar-refractivity contribution is 5.92. The van der Waals surface area contributed by atoms with E-state index in [4.69, 9.17) is 0 Å². The van der Waals surface area contributed by atoms with Crippen molar-refractivity contribution in [1.29, 1.82) is 0 Å². The lowest BCUT2D eigenvalue weighted by molar-refractivity contribution is -0.116. The summed E-state index contributed by atoms with van der Waals surface area (Å²) in [5.41, 5.74) is 1.43. The fourth-order valence-electron chi connectivity index (χ4n) is 2.95. The van der Waals surface area contributed by atoms with Crippen LogP contribution in [-0.4, -0.2) is 59.4 Å². The number of amides is 2. The molecule has 8 heteroatoms. The second-order valence-electron chi connectivity index (χ2n) is 6.43. The van der Waals surface area contributed by atoms with Crippen molar-refractivity contribution in [2.45, 2.75) is 13.3 Å². The minimum atomic E-state index is -0.120. The Morgan fingerprint density at radius 1 is 0.963 bits per heavy atom. The lowest BCUT2D eigenvalue weighted by Crippen LogP contribution is -2.47. The van der Waals surface area contributed by atoms with Gasteiger partial charge in [0.25, 0.3) is 0 Å². The summed E-state index contributed by atoms with van der Waals surface area (Å²) < 4.78 is 0. The van der Waals surface area contributed by atoms with Crippen molar-refractivity contribution in [3.63, 3.8) is 0 Å². The van der Waals surface area contributed by atoms with Crippen molar-refractivity contribution < 1.29 is 9.59 Å². The molecule has 2 amide bonds. The topological polar surface area (TPSA) is 90.5 Å². The number of hydrogen-bond donors (Lipinski definition) is 2. The average molecular weight is 368 g/mol. The van der Waals surface area contributed by atoms with Crippen molar-refractivity contribution in [3.8, 4) is 0 Å². The number of hydrogen-bond acceptors (Lipinski definition) is 6. The number of aromatic nitrogens is 2. The third kappa shape index (κ3) is 5.75. The molecular weight excluding hydrogens is 344 g/mol. The first-order valence-electron chi connectivity index (χ1n) is 9.02. The summed E-state index contributed by atoms with van der Waals surface area (Å²) in [6, 6.07) is 8.90. The highest BCUT2D eigenvalue weighted by atomic mass is 16.2. The largest absolute Gasteiger partial charge is 0.338 e. The van der Waals surface area contributed by atoms with Crippen LogP contribution in [0.1, 0.15) is 13.3 Å². The molecule has 0 unspecified atom stereocenters. The van der Waals surface area contributed by atoms with Crippen LogP contribution in [0.2, 0.25) is 0 Å². The standard InChI is InChI=1S/C19H24N6O2/c1-15(26)22-16-3-5-17(6-4-16)23-18(27)7-10-24-11-13-25(14-12-24)19-20-8-2-9-21-19/h2-6,8-9H,7,10-14H2,1H3,(H,22,26)(H,23,27). The summed E-state index contributed by atoms with van der Waals surface area (Å²) in [5.74, 6) is 0.624. The number of anilines is 3. The molecule has 1 aromatic carbocycles. The second kappa shape index (κ2) is 9.09. The minimum Gasteiger partial charge on any atom is -0.338 e. The summed E-state index contributed by atoms with van der Waals surface area (Å²) in [4.78, 5) is 36.2. The van der Waals surface area contributed by atoms with Gasteiger partial charge in [-0.2, -0.15) is 0 Å². The molecule has 0 aliphatic carbocycles. The average Bonchev–Trinajstić information content (AvgIpc) is 2.69. The Labute approximate surface area is 158 Å². The van der Waals surface area contributed by atoms with E-state index in [1.807, 2.05) is 6.07 Å². The van der Waals surface area contributed by atoms with Gasteiger partial charge in [0.2, 0.25) is 17.8 Å². The molecule has 27 heavy (non-hydrogen) atoms. The zero-order valence-corrected chi connectivity index (χ0v) is 15.4.